The summed E-state index contributed by atoms with van der Waals surface area (Å²) in [6.07, 6.45) is 3.24. The molecule has 2 nitrogen and oxygen atoms in total. The first kappa shape index (κ1) is 10.8. The predicted molar refractivity (Wildman–Crippen MR) is 59.7 cm³/mol. The van der Waals surface area contributed by atoms with Crippen molar-refractivity contribution in [3.05, 3.63) is 41.4 Å². The third-order valence-corrected chi connectivity index (χ3v) is 2.11. The minimum Gasteiger partial charge on any atom is -0.312 e. The van der Waals surface area contributed by atoms with Gasteiger partial charge in [0.25, 0.3) is 0 Å². The minimum absolute atomic E-state index is 0.0465. The van der Waals surface area contributed by atoms with E-state index < -0.39 is 0 Å². The molecule has 0 aromatic heterocycles. The van der Waals surface area contributed by atoms with Gasteiger partial charge in [-0.25, -0.2) is 0 Å². The summed E-state index contributed by atoms with van der Waals surface area (Å²) >= 11 is 5.74. The molecule has 0 aliphatic rings. The van der Waals surface area contributed by atoms with Gasteiger partial charge >= 0.3 is 0 Å². The van der Waals surface area contributed by atoms with E-state index >= 15 is 0 Å². The number of amides is 1. The van der Waals surface area contributed by atoms with Crippen LogP contribution < -0.4 is 4.90 Å². The first-order chi connectivity index (χ1) is 6.65. The predicted octanol–water partition coefficient (Wildman–Crippen LogP) is 2.88. The number of halogens is 1. The summed E-state index contributed by atoms with van der Waals surface area (Å²) in [7, 11) is 1.73. The highest BCUT2D eigenvalue weighted by molar-refractivity contribution is 6.30. The normalized spacial score (nSPS) is 10.5. The molecule has 0 spiro atoms. The van der Waals surface area contributed by atoms with Crippen molar-refractivity contribution in [3.8, 4) is 0 Å². The lowest BCUT2D eigenvalue weighted by molar-refractivity contribution is -0.113. The number of nitrogens with zero attached hydrogens (tertiary/aromatic N) is 1. The molecule has 3 heteroatoms. The number of hydrogen-bond donors (Lipinski definition) is 0. The van der Waals surface area contributed by atoms with E-state index in [2.05, 4.69) is 0 Å². The topological polar surface area (TPSA) is 20.3 Å². The van der Waals surface area contributed by atoms with Crippen molar-refractivity contribution < 1.29 is 4.79 Å². The standard InChI is InChI=1S/C11H12ClNO/c1-3-4-11(14)13(2)10-7-5-9(12)6-8-10/h3-8H,1-2H3. The molecule has 0 saturated heterocycles. The number of carbonyl (C=O) groups excluding carboxylic acids is 1. The molecule has 74 valence electrons. The molecule has 0 atom stereocenters. The van der Waals surface area contributed by atoms with Gasteiger partial charge in [-0.05, 0) is 37.3 Å². The van der Waals surface area contributed by atoms with E-state index in [1.165, 1.54) is 6.08 Å². The van der Waals surface area contributed by atoms with Gasteiger partial charge in [0.1, 0.15) is 0 Å². The van der Waals surface area contributed by atoms with Gasteiger partial charge in [0, 0.05) is 17.8 Å². The van der Waals surface area contributed by atoms with Gasteiger partial charge in [0.05, 0.1) is 0 Å². The van der Waals surface area contributed by atoms with Crippen molar-refractivity contribution in [2.24, 2.45) is 0 Å². The van der Waals surface area contributed by atoms with Gasteiger partial charge in [-0.2, -0.15) is 0 Å². The maximum absolute atomic E-state index is 11.4. The maximum atomic E-state index is 11.4. The van der Waals surface area contributed by atoms with Gasteiger partial charge in [0.2, 0.25) is 5.91 Å². The monoisotopic (exact) mass is 209 g/mol. The van der Waals surface area contributed by atoms with Crippen LogP contribution in [0.3, 0.4) is 0 Å². The Balaban J connectivity index is 2.84. The molecule has 1 aromatic rings. The molecule has 0 fully saturated rings. The molecular weight excluding hydrogens is 198 g/mol. The molecule has 14 heavy (non-hydrogen) atoms. The summed E-state index contributed by atoms with van der Waals surface area (Å²) in [5, 5.41) is 0.667. The zero-order valence-corrected chi connectivity index (χ0v) is 8.95. The molecule has 0 N–H and O–H groups in total. The van der Waals surface area contributed by atoms with E-state index in [1.807, 2.05) is 19.1 Å². The van der Waals surface area contributed by atoms with Crippen LogP contribution in [0.4, 0.5) is 5.69 Å². The number of likely N-dealkylation sites (N-methyl/N-ethyl adjacent to an activating group) is 1. The van der Waals surface area contributed by atoms with E-state index in [0.717, 1.165) is 5.69 Å². The minimum atomic E-state index is -0.0465. The van der Waals surface area contributed by atoms with Gasteiger partial charge in [0.15, 0.2) is 0 Å². The molecule has 0 aliphatic heterocycles. The van der Waals surface area contributed by atoms with Crippen LogP contribution in [-0.2, 0) is 4.79 Å². The Labute approximate surface area is 88.8 Å². The van der Waals surface area contributed by atoms with Gasteiger partial charge in [-0.1, -0.05) is 17.7 Å². The number of allylic oxidation sites excluding steroid dienone is 1. The number of hydrogen-bond acceptors (Lipinski definition) is 1. The average Bonchev–Trinajstić information content (AvgIpc) is 2.18. The van der Waals surface area contributed by atoms with Crippen LogP contribution >= 0.6 is 11.6 Å². The van der Waals surface area contributed by atoms with Crippen molar-refractivity contribution >= 4 is 23.2 Å². The Bertz CT molecular complexity index is 343. The Hall–Kier alpha value is -1.28. The molecule has 0 bridgehead atoms. The van der Waals surface area contributed by atoms with E-state index in [0.29, 0.717) is 5.02 Å². The van der Waals surface area contributed by atoms with Crippen LogP contribution in [0.25, 0.3) is 0 Å². The Morgan fingerprint density at radius 3 is 2.43 bits per heavy atom. The fourth-order valence-corrected chi connectivity index (χ4v) is 1.17. The Morgan fingerprint density at radius 2 is 1.93 bits per heavy atom. The number of rotatable bonds is 2. The van der Waals surface area contributed by atoms with Crippen LogP contribution in [0.15, 0.2) is 36.4 Å². The maximum Gasteiger partial charge on any atom is 0.250 e. The second kappa shape index (κ2) is 4.82. The highest BCUT2D eigenvalue weighted by Gasteiger charge is 2.06. The van der Waals surface area contributed by atoms with E-state index in [1.54, 1.807) is 30.2 Å². The van der Waals surface area contributed by atoms with Gasteiger partial charge < -0.3 is 4.90 Å². The SMILES string of the molecule is CC=CC(=O)N(C)c1ccc(Cl)cc1. The summed E-state index contributed by atoms with van der Waals surface area (Å²) in [5.41, 5.74) is 0.831. The van der Waals surface area contributed by atoms with Crippen molar-refractivity contribution in [3.63, 3.8) is 0 Å². The quantitative estimate of drug-likeness (QED) is 0.686. The number of anilines is 1. The van der Waals surface area contributed by atoms with E-state index in [9.17, 15) is 4.79 Å². The molecule has 0 saturated carbocycles. The highest BCUT2D eigenvalue weighted by Crippen LogP contribution is 2.16. The van der Waals surface area contributed by atoms with Crippen LogP contribution in [0.2, 0.25) is 5.02 Å². The van der Waals surface area contributed by atoms with Crippen LogP contribution in [-0.4, -0.2) is 13.0 Å². The second-order valence-electron chi connectivity index (χ2n) is 2.87. The smallest absolute Gasteiger partial charge is 0.250 e. The van der Waals surface area contributed by atoms with Crippen molar-refractivity contribution in [2.75, 3.05) is 11.9 Å². The van der Waals surface area contributed by atoms with E-state index in [4.69, 9.17) is 11.6 Å². The fourth-order valence-electron chi connectivity index (χ4n) is 1.05. The van der Waals surface area contributed by atoms with Crippen LogP contribution in [0.5, 0.6) is 0 Å². The average molecular weight is 210 g/mol. The van der Waals surface area contributed by atoms with Crippen LogP contribution in [0.1, 0.15) is 6.92 Å². The summed E-state index contributed by atoms with van der Waals surface area (Å²) in [4.78, 5) is 13.0. The third kappa shape index (κ3) is 2.60. The molecule has 0 unspecified atom stereocenters. The Kier molecular flexibility index (Phi) is 3.72. The lowest BCUT2D eigenvalue weighted by Gasteiger charge is -2.14. The first-order valence-electron chi connectivity index (χ1n) is 4.31. The first-order valence-corrected chi connectivity index (χ1v) is 4.69. The lowest BCUT2D eigenvalue weighted by atomic mass is 10.3. The third-order valence-electron chi connectivity index (χ3n) is 1.85. The Morgan fingerprint density at radius 1 is 1.36 bits per heavy atom. The summed E-state index contributed by atoms with van der Waals surface area (Å²) in [6.45, 7) is 1.81. The second-order valence-corrected chi connectivity index (χ2v) is 3.31. The number of benzene rings is 1. The zero-order chi connectivity index (χ0) is 10.6. The molecule has 1 amide bonds. The molecule has 1 aromatic carbocycles. The fraction of sp³-hybridized carbons (Fsp3) is 0.182. The summed E-state index contributed by atoms with van der Waals surface area (Å²) in [6, 6.07) is 7.14. The van der Waals surface area contributed by atoms with E-state index in [-0.39, 0.29) is 5.91 Å². The zero-order valence-electron chi connectivity index (χ0n) is 8.20. The molecular formula is C11H12ClNO. The molecule has 0 radical (unpaired) electrons. The largest absolute Gasteiger partial charge is 0.312 e. The lowest BCUT2D eigenvalue weighted by Crippen LogP contribution is -2.23. The number of carbonyl (C=O) groups is 1. The van der Waals surface area contributed by atoms with Crippen molar-refractivity contribution in [2.45, 2.75) is 6.92 Å². The summed E-state index contributed by atoms with van der Waals surface area (Å²) in [5.74, 6) is -0.0465. The van der Waals surface area contributed by atoms with Gasteiger partial charge in [-0.3, -0.25) is 4.79 Å². The van der Waals surface area contributed by atoms with Crippen molar-refractivity contribution in [1.29, 1.82) is 0 Å². The molecule has 0 heterocycles. The summed E-state index contributed by atoms with van der Waals surface area (Å²) < 4.78 is 0. The molecule has 1 rings (SSSR count). The molecule has 0 aliphatic carbocycles. The van der Waals surface area contributed by atoms with Crippen molar-refractivity contribution in [1.82, 2.24) is 0 Å². The van der Waals surface area contributed by atoms with Crippen LogP contribution in [0, 0.1) is 0 Å². The van der Waals surface area contributed by atoms with Gasteiger partial charge in [-0.15, -0.1) is 0 Å². The highest BCUT2D eigenvalue weighted by atomic mass is 35.5.